The van der Waals surface area contributed by atoms with Crippen LogP contribution >= 0.6 is 24.0 Å². The maximum Gasteiger partial charge on any atom is 0.191 e. The van der Waals surface area contributed by atoms with Gasteiger partial charge in [-0.25, -0.2) is 0 Å². The van der Waals surface area contributed by atoms with Crippen LogP contribution in [0.3, 0.4) is 0 Å². The van der Waals surface area contributed by atoms with Crippen molar-refractivity contribution in [1.29, 1.82) is 0 Å². The molecule has 1 aliphatic rings. The minimum Gasteiger partial charge on any atom is -0.361 e. The van der Waals surface area contributed by atoms with Gasteiger partial charge >= 0.3 is 0 Å². The molecule has 1 heterocycles. The highest BCUT2D eigenvalue weighted by molar-refractivity contribution is 14.0. The summed E-state index contributed by atoms with van der Waals surface area (Å²) in [6.45, 7) is 5.81. The molecule has 1 fully saturated rings. The molecular formula is C17H32IN5O. The van der Waals surface area contributed by atoms with Crippen molar-refractivity contribution in [1.82, 2.24) is 20.7 Å². The van der Waals surface area contributed by atoms with Crippen molar-refractivity contribution in [3.05, 3.63) is 17.0 Å². The van der Waals surface area contributed by atoms with Gasteiger partial charge in [-0.05, 0) is 39.3 Å². The second-order valence-corrected chi connectivity index (χ2v) is 6.41. The van der Waals surface area contributed by atoms with Crippen LogP contribution in [0.15, 0.2) is 9.52 Å². The summed E-state index contributed by atoms with van der Waals surface area (Å²) in [7, 11) is 6.12. The normalized spacial score (nSPS) is 16.0. The van der Waals surface area contributed by atoms with E-state index in [-0.39, 0.29) is 24.0 Å². The molecule has 0 amide bonds. The molecule has 2 rings (SSSR count). The Labute approximate surface area is 162 Å². The smallest absolute Gasteiger partial charge is 0.191 e. The van der Waals surface area contributed by atoms with E-state index in [2.05, 4.69) is 53.6 Å². The Balaban J connectivity index is 0.00000288. The van der Waals surface area contributed by atoms with Crippen molar-refractivity contribution in [3.63, 3.8) is 0 Å². The van der Waals surface area contributed by atoms with Crippen molar-refractivity contribution in [2.45, 2.75) is 52.1 Å². The Kier molecular flexibility index (Phi) is 9.04. The first kappa shape index (κ1) is 21.2. The Hall–Kier alpha value is -0.830. The summed E-state index contributed by atoms with van der Waals surface area (Å²) >= 11 is 0. The summed E-state index contributed by atoms with van der Waals surface area (Å²) in [5.74, 6) is 2.63. The third-order valence-electron chi connectivity index (χ3n) is 4.57. The van der Waals surface area contributed by atoms with Gasteiger partial charge in [0.1, 0.15) is 5.76 Å². The summed E-state index contributed by atoms with van der Waals surface area (Å²) in [6, 6.07) is 0.571. The number of nitrogens with zero attached hydrogens (tertiary/aromatic N) is 3. The molecule has 0 radical (unpaired) electrons. The van der Waals surface area contributed by atoms with E-state index in [0.717, 1.165) is 42.7 Å². The summed E-state index contributed by atoms with van der Waals surface area (Å²) in [5, 5.41) is 11.0. The van der Waals surface area contributed by atoms with Gasteiger partial charge in [-0.3, -0.25) is 4.99 Å². The molecule has 1 aliphatic carbocycles. The molecule has 1 aromatic rings. The van der Waals surface area contributed by atoms with Crippen LogP contribution in [-0.4, -0.2) is 49.7 Å². The van der Waals surface area contributed by atoms with E-state index in [1.165, 1.54) is 18.4 Å². The van der Waals surface area contributed by atoms with Gasteiger partial charge in [0.25, 0.3) is 0 Å². The van der Waals surface area contributed by atoms with Crippen LogP contribution in [0.2, 0.25) is 0 Å². The molecule has 138 valence electrons. The molecule has 1 atom stereocenters. The van der Waals surface area contributed by atoms with Crippen molar-refractivity contribution in [2.24, 2.45) is 10.9 Å². The van der Waals surface area contributed by atoms with Crippen molar-refractivity contribution >= 4 is 29.9 Å². The van der Waals surface area contributed by atoms with E-state index in [1.54, 1.807) is 0 Å². The maximum absolute atomic E-state index is 5.41. The first-order valence-electron chi connectivity index (χ1n) is 8.67. The number of halogens is 1. The molecule has 1 saturated carbocycles. The second kappa shape index (κ2) is 10.2. The van der Waals surface area contributed by atoms with Crippen LogP contribution in [-0.2, 0) is 19.4 Å². The number of rotatable bonds is 8. The molecule has 1 aromatic heterocycles. The largest absolute Gasteiger partial charge is 0.361 e. The second-order valence-electron chi connectivity index (χ2n) is 6.41. The first-order valence-corrected chi connectivity index (χ1v) is 8.67. The highest BCUT2D eigenvalue weighted by atomic mass is 127. The Morgan fingerprint density at radius 3 is 2.50 bits per heavy atom. The highest BCUT2D eigenvalue weighted by Gasteiger charge is 2.32. The summed E-state index contributed by atoms with van der Waals surface area (Å²) < 4.78 is 5.41. The standard InChI is InChI=1S/C17H31N5O.HI/c1-6-14-13(16(7-2)23-21-14)10-19-17(18-3)20-11-15(22(4)5)12-8-9-12;/h12,15H,6-11H2,1-5H3,(H2,18,19,20);1H. The zero-order valence-corrected chi connectivity index (χ0v) is 17.9. The quantitative estimate of drug-likeness (QED) is 0.363. The van der Waals surface area contributed by atoms with Crippen LogP contribution in [0.25, 0.3) is 0 Å². The predicted molar refractivity (Wildman–Crippen MR) is 109 cm³/mol. The van der Waals surface area contributed by atoms with Gasteiger partial charge in [-0.15, -0.1) is 24.0 Å². The summed E-state index contributed by atoms with van der Waals surface area (Å²) in [6.07, 6.45) is 4.44. The van der Waals surface area contributed by atoms with E-state index >= 15 is 0 Å². The number of hydrogen-bond donors (Lipinski definition) is 2. The van der Waals surface area contributed by atoms with Crippen LogP contribution in [0.4, 0.5) is 0 Å². The zero-order chi connectivity index (χ0) is 16.8. The van der Waals surface area contributed by atoms with Gasteiger partial charge in [0, 0.05) is 38.2 Å². The number of hydrogen-bond acceptors (Lipinski definition) is 4. The van der Waals surface area contributed by atoms with Crippen molar-refractivity contribution in [2.75, 3.05) is 27.7 Å². The SMILES string of the molecule is CCc1noc(CC)c1CNC(=NC)NCC(C1CC1)N(C)C.I. The molecular weight excluding hydrogens is 417 g/mol. The summed E-state index contributed by atoms with van der Waals surface area (Å²) in [4.78, 5) is 6.64. The minimum atomic E-state index is 0. The van der Waals surface area contributed by atoms with Crippen LogP contribution in [0.5, 0.6) is 0 Å². The number of guanidine groups is 1. The molecule has 24 heavy (non-hydrogen) atoms. The fourth-order valence-electron chi connectivity index (χ4n) is 2.98. The fraction of sp³-hybridized carbons (Fsp3) is 0.765. The lowest BCUT2D eigenvalue weighted by Gasteiger charge is -2.25. The zero-order valence-electron chi connectivity index (χ0n) is 15.6. The van der Waals surface area contributed by atoms with Crippen LogP contribution in [0.1, 0.15) is 43.7 Å². The predicted octanol–water partition coefficient (Wildman–Crippen LogP) is 2.42. The van der Waals surface area contributed by atoms with Gasteiger partial charge in [-0.2, -0.15) is 0 Å². The monoisotopic (exact) mass is 449 g/mol. The van der Waals surface area contributed by atoms with E-state index in [0.29, 0.717) is 12.6 Å². The van der Waals surface area contributed by atoms with E-state index in [9.17, 15) is 0 Å². The lowest BCUT2D eigenvalue weighted by Crippen LogP contribution is -2.45. The molecule has 0 aliphatic heterocycles. The number of aromatic nitrogens is 1. The Bertz CT molecular complexity index is 502. The topological polar surface area (TPSA) is 65.7 Å². The lowest BCUT2D eigenvalue weighted by atomic mass is 10.1. The van der Waals surface area contributed by atoms with E-state index in [4.69, 9.17) is 4.52 Å². The first-order chi connectivity index (χ1) is 11.1. The summed E-state index contributed by atoms with van der Waals surface area (Å²) in [5.41, 5.74) is 2.21. The number of nitrogens with one attached hydrogen (secondary N) is 2. The lowest BCUT2D eigenvalue weighted by molar-refractivity contribution is 0.264. The molecule has 6 nitrogen and oxygen atoms in total. The van der Waals surface area contributed by atoms with Gasteiger partial charge < -0.3 is 20.1 Å². The molecule has 1 unspecified atom stereocenters. The van der Waals surface area contributed by atoms with Gasteiger partial charge in [-0.1, -0.05) is 19.0 Å². The third kappa shape index (κ3) is 5.61. The maximum atomic E-state index is 5.41. The Morgan fingerprint density at radius 1 is 1.29 bits per heavy atom. The molecule has 0 bridgehead atoms. The molecule has 0 spiro atoms. The minimum absolute atomic E-state index is 0. The van der Waals surface area contributed by atoms with Crippen LogP contribution in [0, 0.1) is 5.92 Å². The molecule has 7 heteroatoms. The van der Waals surface area contributed by atoms with E-state index < -0.39 is 0 Å². The average molecular weight is 449 g/mol. The van der Waals surface area contributed by atoms with Gasteiger partial charge in [0.2, 0.25) is 0 Å². The number of likely N-dealkylation sites (N-methyl/N-ethyl adjacent to an activating group) is 1. The van der Waals surface area contributed by atoms with E-state index in [1.807, 2.05) is 7.05 Å². The number of aryl methyl sites for hydroxylation is 2. The van der Waals surface area contributed by atoms with Gasteiger partial charge in [0.15, 0.2) is 5.96 Å². The van der Waals surface area contributed by atoms with Gasteiger partial charge in [0.05, 0.1) is 5.69 Å². The fourth-order valence-corrected chi connectivity index (χ4v) is 2.98. The number of aliphatic imine (C=N–C) groups is 1. The Morgan fingerprint density at radius 2 is 2.00 bits per heavy atom. The highest BCUT2D eigenvalue weighted by Crippen LogP contribution is 2.34. The molecule has 2 N–H and O–H groups in total. The van der Waals surface area contributed by atoms with Crippen molar-refractivity contribution < 1.29 is 4.52 Å². The van der Waals surface area contributed by atoms with Crippen LogP contribution < -0.4 is 10.6 Å². The molecule has 0 saturated heterocycles. The third-order valence-corrected chi connectivity index (χ3v) is 4.57. The molecule has 0 aromatic carbocycles. The van der Waals surface area contributed by atoms with Crippen molar-refractivity contribution in [3.8, 4) is 0 Å². The average Bonchev–Trinajstić information content (AvgIpc) is 3.29.